The van der Waals surface area contributed by atoms with Crippen LogP contribution in [0.4, 0.5) is 5.13 Å². The first kappa shape index (κ1) is 14.8. The number of hydrogen-bond acceptors (Lipinski definition) is 4. The molecule has 4 heteroatoms. The largest absolute Gasteiger partial charge is 0.391 e. The molecule has 1 aromatic heterocycles. The number of nitrogens with zero attached hydrogens (tertiary/aromatic N) is 2. The van der Waals surface area contributed by atoms with Gasteiger partial charge in [0, 0.05) is 18.5 Å². The fourth-order valence-electron chi connectivity index (χ4n) is 2.70. The molecular weight excluding hydrogens is 256 g/mol. The summed E-state index contributed by atoms with van der Waals surface area (Å²) in [7, 11) is 0. The van der Waals surface area contributed by atoms with Crippen molar-refractivity contribution in [3.05, 3.63) is 10.6 Å². The van der Waals surface area contributed by atoms with Gasteiger partial charge in [0.05, 0.1) is 17.2 Å². The SMILES string of the molecule is CCC1CCN(c2nc(C(C)(C)C)c(CO)s2)CC1. The summed E-state index contributed by atoms with van der Waals surface area (Å²) in [5.41, 5.74) is 1.07. The van der Waals surface area contributed by atoms with Gasteiger partial charge in [-0.25, -0.2) is 4.98 Å². The molecule has 0 amide bonds. The first-order chi connectivity index (χ1) is 8.95. The van der Waals surface area contributed by atoms with E-state index in [2.05, 4.69) is 32.6 Å². The molecule has 1 aliphatic rings. The highest BCUT2D eigenvalue weighted by Gasteiger charge is 2.26. The molecule has 0 aromatic carbocycles. The van der Waals surface area contributed by atoms with E-state index in [9.17, 15) is 5.11 Å². The van der Waals surface area contributed by atoms with E-state index in [0.717, 1.165) is 34.7 Å². The van der Waals surface area contributed by atoms with Crippen LogP contribution in [0.25, 0.3) is 0 Å². The minimum absolute atomic E-state index is 0.00849. The van der Waals surface area contributed by atoms with E-state index in [1.807, 2.05) is 0 Å². The van der Waals surface area contributed by atoms with Crippen LogP contribution in [-0.2, 0) is 12.0 Å². The maximum atomic E-state index is 9.53. The Morgan fingerprint density at radius 2 is 1.95 bits per heavy atom. The molecule has 1 aliphatic heterocycles. The summed E-state index contributed by atoms with van der Waals surface area (Å²) in [6.45, 7) is 11.1. The average molecular weight is 282 g/mol. The summed E-state index contributed by atoms with van der Waals surface area (Å²) in [5.74, 6) is 0.885. The van der Waals surface area contributed by atoms with Crippen molar-refractivity contribution in [3.8, 4) is 0 Å². The maximum Gasteiger partial charge on any atom is 0.185 e. The Kier molecular flexibility index (Phi) is 4.51. The number of aliphatic hydroxyl groups excluding tert-OH is 1. The van der Waals surface area contributed by atoms with Gasteiger partial charge in [-0.15, -0.1) is 0 Å². The van der Waals surface area contributed by atoms with Crippen LogP contribution in [-0.4, -0.2) is 23.2 Å². The summed E-state index contributed by atoms with van der Waals surface area (Å²) in [6.07, 6.45) is 3.84. The number of piperidine rings is 1. The molecular formula is C15H26N2OS. The van der Waals surface area contributed by atoms with Gasteiger partial charge in [-0.3, -0.25) is 0 Å². The number of rotatable bonds is 3. The van der Waals surface area contributed by atoms with Crippen molar-refractivity contribution < 1.29 is 5.11 Å². The van der Waals surface area contributed by atoms with Gasteiger partial charge in [-0.05, 0) is 18.8 Å². The maximum absolute atomic E-state index is 9.53. The Hall–Kier alpha value is -0.610. The third-order valence-electron chi connectivity index (χ3n) is 4.00. The number of anilines is 1. The predicted molar refractivity (Wildman–Crippen MR) is 82.0 cm³/mol. The lowest BCUT2D eigenvalue weighted by atomic mass is 9.91. The molecule has 0 spiro atoms. The molecule has 0 unspecified atom stereocenters. The van der Waals surface area contributed by atoms with Gasteiger partial charge in [-0.1, -0.05) is 45.5 Å². The Balaban J connectivity index is 2.16. The zero-order valence-corrected chi connectivity index (χ0v) is 13.4. The smallest absolute Gasteiger partial charge is 0.185 e. The highest BCUT2D eigenvalue weighted by atomic mass is 32.1. The highest BCUT2D eigenvalue weighted by molar-refractivity contribution is 7.15. The fourth-order valence-corrected chi connectivity index (χ4v) is 3.88. The second-order valence-electron chi connectivity index (χ2n) is 6.52. The molecule has 2 heterocycles. The normalized spacial score (nSPS) is 18.1. The quantitative estimate of drug-likeness (QED) is 0.921. The van der Waals surface area contributed by atoms with Gasteiger partial charge in [0.2, 0.25) is 0 Å². The van der Waals surface area contributed by atoms with Crippen LogP contribution < -0.4 is 4.90 Å². The summed E-state index contributed by atoms with van der Waals surface area (Å²) in [4.78, 5) is 8.23. The van der Waals surface area contributed by atoms with Crippen LogP contribution in [0.2, 0.25) is 0 Å². The minimum Gasteiger partial charge on any atom is -0.391 e. The zero-order chi connectivity index (χ0) is 14.0. The second kappa shape index (κ2) is 5.80. The number of aromatic nitrogens is 1. The summed E-state index contributed by atoms with van der Waals surface area (Å²) >= 11 is 1.67. The van der Waals surface area contributed by atoms with E-state index >= 15 is 0 Å². The number of thiazole rings is 1. The zero-order valence-electron chi connectivity index (χ0n) is 12.6. The molecule has 1 N–H and O–H groups in total. The standard InChI is InChI=1S/C15H26N2OS/c1-5-11-6-8-17(9-7-11)14-16-13(15(2,3)4)12(10-18)19-14/h11,18H,5-10H2,1-4H3. The summed E-state index contributed by atoms with van der Waals surface area (Å²) in [6, 6.07) is 0. The van der Waals surface area contributed by atoms with Crippen molar-refractivity contribution in [2.75, 3.05) is 18.0 Å². The lowest BCUT2D eigenvalue weighted by Gasteiger charge is -2.31. The third-order valence-corrected chi connectivity index (χ3v) is 5.10. The Labute approximate surface area is 120 Å². The molecule has 1 aromatic rings. The summed E-state index contributed by atoms with van der Waals surface area (Å²) in [5, 5.41) is 10.6. The number of hydrogen-bond donors (Lipinski definition) is 1. The first-order valence-electron chi connectivity index (χ1n) is 7.31. The van der Waals surface area contributed by atoms with Gasteiger partial charge < -0.3 is 10.0 Å². The molecule has 0 bridgehead atoms. The predicted octanol–water partition coefficient (Wildman–Crippen LogP) is 3.56. The van der Waals surface area contributed by atoms with Crippen LogP contribution in [0.1, 0.15) is 57.5 Å². The average Bonchev–Trinajstić information content (AvgIpc) is 2.83. The van der Waals surface area contributed by atoms with Crippen molar-refractivity contribution in [3.63, 3.8) is 0 Å². The van der Waals surface area contributed by atoms with Gasteiger partial charge >= 0.3 is 0 Å². The molecule has 19 heavy (non-hydrogen) atoms. The molecule has 108 valence electrons. The Morgan fingerprint density at radius 1 is 1.32 bits per heavy atom. The van der Waals surface area contributed by atoms with E-state index < -0.39 is 0 Å². The van der Waals surface area contributed by atoms with Gasteiger partial charge in [-0.2, -0.15) is 0 Å². The monoisotopic (exact) mass is 282 g/mol. The molecule has 0 saturated carbocycles. The molecule has 0 atom stereocenters. The van der Waals surface area contributed by atoms with Crippen LogP contribution in [0, 0.1) is 5.92 Å². The molecule has 3 nitrogen and oxygen atoms in total. The van der Waals surface area contributed by atoms with E-state index in [0.29, 0.717) is 0 Å². The van der Waals surface area contributed by atoms with Gasteiger partial charge in [0.25, 0.3) is 0 Å². The first-order valence-corrected chi connectivity index (χ1v) is 8.13. The van der Waals surface area contributed by atoms with Crippen LogP contribution in [0.15, 0.2) is 0 Å². The van der Waals surface area contributed by atoms with Crippen molar-refractivity contribution >= 4 is 16.5 Å². The lowest BCUT2D eigenvalue weighted by Crippen LogP contribution is -2.33. The number of aliphatic hydroxyl groups is 1. The molecule has 2 rings (SSSR count). The lowest BCUT2D eigenvalue weighted by molar-refractivity contribution is 0.282. The van der Waals surface area contributed by atoms with E-state index in [4.69, 9.17) is 4.98 Å². The van der Waals surface area contributed by atoms with Crippen molar-refractivity contribution in [1.82, 2.24) is 4.98 Å². The minimum atomic E-state index is 0.00849. The van der Waals surface area contributed by atoms with Crippen LogP contribution in [0.3, 0.4) is 0 Å². The molecule has 1 fully saturated rings. The highest BCUT2D eigenvalue weighted by Crippen LogP contribution is 2.35. The molecule has 0 aliphatic carbocycles. The van der Waals surface area contributed by atoms with E-state index in [-0.39, 0.29) is 12.0 Å². The van der Waals surface area contributed by atoms with Crippen LogP contribution >= 0.6 is 11.3 Å². The van der Waals surface area contributed by atoms with Gasteiger partial charge in [0.1, 0.15) is 0 Å². The molecule has 1 saturated heterocycles. The Bertz CT molecular complexity index is 414. The summed E-state index contributed by atoms with van der Waals surface area (Å²) < 4.78 is 0. The third kappa shape index (κ3) is 3.29. The topological polar surface area (TPSA) is 36.4 Å². The van der Waals surface area contributed by atoms with Crippen molar-refractivity contribution in [1.29, 1.82) is 0 Å². The van der Waals surface area contributed by atoms with E-state index in [1.165, 1.54) is 19.3 Å². The van der Waals surface area contributed by atoms with Crippen molar-refractivity contribution in [2.45, 2.75) is 59.0 Å². The van der Waals surface area contributed by atoms with Crippen LogP contribution in [0.5, 0.6) is 0 Å². The van der Waals surface area contributed by atoms with Crippen molar-refractivity contribution in [2.24, 2.45) is 5.92 Å². The molecule has 0 radical (unpaired) electrons. The Morgan fingerprint density at radius 3 is 2.37 bits per heavy atom. The van der Waals surface area contributed by atoms with E-state index in [1.54, 1.807) is 11.3 Å². The van der Waals surface area contributed by atoms with Gasteiger partial charge in [0.15, 0.2) is 5.13 Å². The fraction of sp³-hybridized carbons (Fsp3) is 0.800. The second-order valence-corrected chi connectivity index (χ2v) is 7.58.